The molecule has 0 amide bonds. The topological polar surface area (TPSA) is 55.0 Å². The molecule has 5 saturated carbocycles. The van der Waals surface area contributed by atoms with Crippen molar-refractivity contribution >= 4 is 5.97 Å². The first-order valence-electron chi connectivity index (χ1n) is 13.5. The van der Waals surface area contributed by atoms with Crippen LogP contribution in [0.2, 0.25) is 0 Å². The lowest BCUT2D eigenvalue weighted by molar-refractivity contribution is -0.0571. The highest BCUT2D eigenvalue weighted by Crippen LogP contribution is 2.61. The third-order valence-corrected chi connectivity index (χ3v) is 9.27. The number of H-pyrrole nitrogens is 1. The number of aryl methyl sites for hydroxylation is 1. The summed E-state index contributed by atoms with van der Waals surface area (Å²) in [5, 5.41) is 0. The van der Waals surface area contributed by atoms with E-state index in [1.54, 1.807) is 0 Å². The Morgan fingerprint density at radius 3 is 2.30 bits per heavy atom. The molecular formula is C29H38N2O2. The molecule has 176 valence electrons. The number of carbonyl (C=O) groups is 1. The fourth-order valence-corrected chi connectivity index (χ4v) is 8.13. The third kappa shape index (κ3) is 4.50. The van der Waals surface area contributed by atoms with Crippen LogP contribution in [0.25, 0.3) is 0 Å². The van der Waals surface area contributed by atoms with Crippen LogP contribution in [0.15, 0.2) is 30.3 Å². The minimum Gasteiger partial charge on any atom is -0.456 e. The lowest BCUT2D eigenvalue weighted by atomic mass is 9.48. The number of aromatic nitrogens is 2. The Labute approximate surface area is 197 Å². The summed E-state index contributed by atoms with van der Waals surface area (Å²) in [5.74, 6) is 4.12. The van der Waals surface area contributed by atoms with Gasteiger partial charge < -0.3 is 9.72 Å². The molecule has 1 heterocycles. The standard InChI is InChI=1S/C29H38N2O2/c32-28(33-19-20-7-3-1-4-8-20)26-25(30-27(31-26)24-9-5-2-6-10-24)11-12-29-16-21-13-22(17-29)15-23(14-21)18-29/h1,3-4,7-8,21-24H,2,5-6,9-19H2,(H,30,31). The number of benzene rings is 1. The molecule has 5 aliphatic rings. The molecule has 0 atom stereocenters. The van der Waals surface area contributed by atoms with E-state index in [0.29, 0.717) is 23.6 Å². The van der Waals surface area contributed by atoms with Crippen LogP contribution in [0.5, 0.6) is 0 Å². The van der Waals surface area contributed by atoms with E-state index in [1.165, 1.54) is 77.0 Å². The third-order valence-electron chi connectivity index (χ3n) is 9.27. The van der Waals surface area contributed by atoms with Crippen LogP contribution >= 0.6 is 0 Å². The number of aromatic amines is 1. The van der Waals surface area contributed by atoms with Crippen molar-refractivity contribution < 1.29 is 9.53 Å². The van der Waals surface area contributed by atoms with E-state index >= 15 is 0 Å². The summed E-state index contributed by atoms with van der Waals surface area (Å²) in [4.78, 5) is 21.7. The highest BCUT2D eigenvalue weighted by Gasteiger charge is 2.50. The summed E-state index contributed by atoms with van der Waals surface area (Å²) in [6.45, 7) is 0.305. The van der Waals surface area contributed by atoms with Crippen LogP contribution in [0.1, 0.15) is 111 Å². The molecular weight excluding hydrogens is 408 g/mol. The van der Waals surface area contributed by atoms with E-state index in [9.17, 15) is 4.79 Å². The molecule has 5 fully saturated rings. The van der Waals surface area contributed by atoms with Crippen LogP contribution in [-0.2, 0) is 17.8 Å². The minimum atomic E-state index is -0.266. The maximum Gasteiger partial charge on any atom is 0.359 e. The molecule has 0 aliphatic heterocycles. The summed E-state index contributed by atoms with van der Waals surface area (Å²) < 4.78 is 5.73. The molecule has 4 heteroatoms. The van der Waals surface area contributed by atoms with E-state index in [-0.39, 0.29) is 5.97 Å². The van der Waals surface area contributed by atoms with Gasteiger partial charge in [0, 0.05) is 11.6 Å². The van der Waals surface area contributed by atoms with E-state index in [0.717, 1.165) is 41.3 Å². The van der Waals surface area contributed by atoms with Crippen LogP contribution in [-0.4, -0.2) is 15.9 Å². The number of hydrogen-bond acceptors (Lipinski definition) is 3. The summed E-state index contributed by atoms with van der Waals surface area (Å²) in [6.07, 6.45) is 17.0. The Bertz CT molecular complexity index is 937. The zero-order chi connectivity index (χ0) is 22.3. The van der Waals surface area contributed by atoms with Crippen molar-refractivity contribution in [2.45, 2.75) is 96.0 Å². The second-order valence-corrected chi connectivity index (χ2v) is 11.8. The fourth-order valence-electron chi connectivity index (χ4n) is 8.13. The Morgan fingerprint density at radius 1 is 0.970 bits per heavy atom. The van der Waals surface area contributed by atoms with Crippen molar-refractivity contribution in [3.05, 3.63) is 53.1 Å². The lowest BCUT2D eigenvalue weighted by Crippen LogP contribution is -2.46. The van der Waals surface area contributed by atoms with Crippen LogP contribution in [0, 0.1) is 23.2 Å². The number of carbonyl (C=O) groups excluding carboxylic acids is 1. The monoisotopic (exact) mass is 446 g/mol. The van der Waals surface area contributed by atoms with E-state index in [4.69, 9.17) is 9.72 Å². The summed E-state index contributed by atoms with van der Waals surface area (Å²) in [6, 6.07) is 9.95. The highest BCUT2D eigenvalue weighted by atomic mass is 16.5. The Kier molecular flexibility index (Phi) is 5.80. The Hall–Kier alpha value is -2.10. The molecule has 1 aromatic carbocycles. The smallest absolute Gasteiger partial charge is 0.359 e. The van der Waals surface area contributed by atoms with Gasteiger partial charge in [0.2, 0.25) is 0 Å². The molecule has 1 aromatic heterocycles. The minimum absolute atomic E-state index is 0.266. The van der Waals surface area contributed by atoms with Gasteiger partial charge in [0.1, 0.15) is 12.4 Å². The number of esters is 1. The molecule has 5 aliphatic carbocycles. The number of hydrogen-bond donors (Lipinski definition) is 1. The first-order chi connectivity index (χ1) is 16.2. The average Bonchev–Trinajstić information content (AvgIpc) is 3.26. The number of rotatable bonds is 7. The van der Waals surface area contributed by atoms with Crippen molar-refractivity contribution in [1.29, 1.82) is 0 Å². The largest absolute Gasteiger partial charge is 0.456 e. The molecule has 0 saturated heterocycles. The van der Waals surface area contributed by atoms with Crippen molar-refractivity contribution in [3.8, 4) is 0 Å². The summed E-state index contributed by atoms with van der Waals surface area (Å²) in [7, 11) is 0. The average molecular weight is 447 g/mol. The normalized spacial score (nSPS) is 31.1. The van der Waals surface area contributed by atoms with Gasteiger partial charge in [0.25, 0.3) is 0 Å². The second-order valence-electron chi connectivity index (χ2n) is 11.8. The molecule has 1 N–H and O–H groups in total. The zero-order valence-corrected chi connectivity index (χ0v) is 19.9. The van der Waals surface area contributed by atoms with Gasteiger partial charge >= 0.3 is 5.97 Å². The van der Waals surface area contributed by atoms with Crippen molar-refractivity contribution in [1.82, 2.24) is 9.97 Å². The van der Waals surface area contributed by atoms with Gasteiger partial charge in [-0.05, 0) is 92.9 Å². The summed E-state index contributed by atoms with van der Waals surface area (Å²) in [5.41, 5.74) is 3.11. The zero-order valence-electron chi connectivity index (χ0n) is 19.9. The van der Waals surface area contributed by atoms with Gasteiger partial charge in [-0.25, -0.2) is 9.78 Å². The van der Waals surface area contributed by atoms with E-state index < -0.39 is 0 Å². The predicted molar refractivity (Wildman–Crippen MR) is 129 cm³/mol. The molecule has 2 aromatic rings. The number of imidazole rings is 1. The van der Waals surface area contributed by atoms with Crippen LogP contribution in [0.4, 0.5) is 0 Å². The van der Waals surface area contributed by atoms with Crippen molar-refractivity contribution in [2.24, 2.45) is 23.2 Å². The van der Waals surface area contributed by atoms with Crippen molar-refractivity contribution in [3.63, 3.8) is 0 Å². The lowest BCUT2D eigenvalue weighted by Gasteiger charge is -2.57. The fraction of sp³-hybridized carbons (Fsp3) is 0.655. The highest BCUT2D eigenvalue weighted by molar-refractivity contribution is 5.88. The number of ether oxygens (including phenoxy) is 1. The van der Waals surface area contributed by atoms with Crippen LogP contribution < -0.4 is 0 Å². The molecule has 0 radical (unpaired) electrons. The first-order valence-corrected chi connectivity index (χ1v) is 13.5. The van der Waals surface area contributed by atoms with Gasteiger partial charge in [-0.1, -0.05) is 49.6 Å². The number of nitrogens with zero attached hydrogens (tertiary/aromatic N) is 1. The molecule has 4 bridgehead atoms. The van der Waals surface area contributed by atoms with E-state index in [1.807, 2.05) is 30.3 Å². The maximum absolute atomic E-state index is 13.2. The molecule has 33 heavy (non-hydrogen) atoms. The van der Waals surface area contributed by atoms with Gasteiger partial charge in [0.15, 0.2) is 5.69 Å². The van der Waals surface area contributed by atoms with Gasteiger partial charge in [-0.2, -0.15) is 0 Å². The van der Waals surface area contributed by atoms with Gasteiger partial charge in [0.05, 0.1) is 0 Å². The molecule has 4 nitrogen and oxygen atoms in total. The number of nitrogens with one attached hydrogen (secondary N) is 1. The first kappa shape index (κ1) is 21.4. The molecule has 7 rings (SSSR count). The Balaban J connectivity index is 1.20. The van der Waals surface area contributed by atoms with Gasteiger partial charge in [-0.15, -0.1) is 0 Å². The molecule has 0 spiro atoms. The SMILES string of the molecule is O=C(OCc1ccccc1)c1nc(C2CCCCC2)[nH]c1CCC12CC3CC(CC(C3)C1)C2. The molecule has 0 unspecified atom stereocenters. The maximum atomic E-state index is 13.2. The quantitative estimate of drug-likeness (QED) is 0.468. The van der Waals surface area contributed by atoms with Crippen LogP contribution in [0.3, 0.4) is 0 Å². The second kappa shape index (κ2) is 8.92. The summed E-state index contributed by atoms with van der Waals surface area (Å²) >= 11 is 0. The van der Waals surface area contributed by atoms with Crippen molar-refractivity contribution in [2.75, 3.05) is 0 Å². The van der Waals surface area contributed by atoms with E-state index in [2.05, 4.69) is 4.98 Å². The van der Waals surface area contributed by atoms with Gasteiger partial charge in [-0.3, -0.25) is 0 Å². The Morgan fingerprint density at radius 2 is 1.64 bits per heavy atom. The predicted octanol–water partition coefficient (Wildman–Crippen LogP) is 6.96.